The molecule has 15 heavy (non-hydrogen) atoms. The van der Waals surface area contributed by atoms with Gasteiger partial charge in [0.2, 0.25) is 0 Å². The minimum atomic E-state index is -4.08. The van der Waals surface area contributed by atoms with E-state index in [1.54, 1.807) is 24.3 Å². The van der Waals surface area contributed by atoms with Crippen LogP contribution in [0, 0.1) is 0 Å². The number of benzene rings is 1. The van der Waals surface area contributed by atoms with E-state index in [4.69, 9.17) is 11.6 Å². The third kappa shape index (κ3) is 4.93. The van der Waals surface area contributed by atoms with E-state index in [9.17, 15) is 13.2 Å². The van der Waals surface area contributed by atoms with Crippen molar-refractivity contribution in [3.05, 3.63) is 29.3 Å². The second-order valence-electron chi connectivity index (χ2n) is 3.13. The Morgan fingerprint density at radius 1 is 1.20 bits per heavy atom. The van der Waals surface area contributed by atoms with Gasteiger partial charge in [-0.1, -0.05) is 23.7 Å². The Morgan fingerprint density at radius 2 is 1.87 bits per heavy atom. The molecule has 0 fully saturated rings. The Bertz CT molecular complexity index is 312. The summed E-state index contributed by atoms with van der Waals surface area (Å²) in [6.07, 6.45) is -4.80. The molecule has 0 spiro atoms. The molecule has 5 heteroatoms. The molecule has 0 aromatic heterocycles. The highest BCUT2D eigenvalue weighted by atomic mass is 35.5. The molecule has 0 amide bonds. The zero-order chi connectivity index (χ0) is 11.3. The van der Waals surface area contributed by atoms with E-state index < -0.39 is 12.6 Å². The van der Waals surface area contributed by atoms with Crippen molar-refractivity contribution in [2.24, 2.45) is 0 Å². The lowest BCUT2D eigenvalue weighted by Crippen LogP contribution is -2.11. The van der Waals surface area contributed by atoms with E-state index in [0.29, 0.717) is 10.7 Å². The van der Waals surface area contributed by atoms with Gasteiger partial charge in [0.05, 0.1) is 10.7 Å². The third-order valence-electron chi connectivity index (χ3n) is 1.83. The van der Waals surface area contributed by atoms with Crippen molar-refractivity contribution in [1.82, 2.24) is 0 Å². The summed E-state index contributed by atoms with van der Waals surface area (Å²) in [7, 11) is 0. The standard InChI is InChI=1S/C10H11ClF3N/c11-8-4-1-2-5-9(8)15-7-3-6-10(12,13)14/h1-2,4-5,15H,3,6-7H2. The molecule has 1 nitrogen and oxygen atoms in total. The van der Waals surface area contributed by atoms with Gasteiger partial charge in [-0.25, -0.2) is 0 Å². The van der Waals surface area contributed by atoms with Crippen LogP contribution in [-0.2, 0) is 0 Å². The first-order chi connectivity index (χ1) is 6.99. The molecular weight excluding hydrogens is 227 g/mol. The Balaban J connectivity index is 2.30. The predicted octanol–water partition coefficient (Wildman–Crippen LogP) is 4.09. The molecule has 0 saturated heterocycles. The van der Waals surface area contributed by atoms with Gasteiger partial charge in [-0.3, -0.25) is 0 Å². The van der Waals surface area contributed by atoms with Crippen LogP contribution in [0.4, 0.5) is 18.9 Å². The lowest BCUT2D eigenvalue weighted by molar-refractivity contribution is -0.134. The molecule has 1 N–H and O–H groups in total. The fourth-order valence-electron chi connectivity index (χ4n) is 1.12. The van der Waals surface area contributed by atoms with Crippen LogP contribution < -0.4 is 5.32 Å². The number of halogens is 4. The number of para-hydroxylation sites is 1. The molecule has 0 heterocycles. The molecular formula is C10H11ClF3N. The monoisotopic (exact) mass is 237 g/mol. The van der Waals surface area contributed by atoms with Gasteiger partial charge in [0.1, 0.15) is 0 Å². The maximum atomic E-state index is 11.8. The van der Waals surface area contributed by atoms with Crippen molar-refractivity contribution in [2.45, 2.75) is 19.0 Å². The van der Waals surface area contributed by atoms with Crippen molar-refractivity contribution >= 4 is 17.3 Å². The van der Waals surface area contributed by atoms with Gasteiger partial charge in [-0.2, -0.15) is 13.2 Å². The second kappa shape index (κ2) is 5.26. The Kier molecular flexibility index (Phi) is 4.27. The first kappa shape index (κ1) is 12.2. The van der Waals surface area contributed by atoms with Gasteiger partial charge < -0.3 is 5.32 Å². The van der Waals surface area contributed by atoms with Gasteiger partial charge in [0.15, 0.2) is 0 Å². The first-order valence-corrected chi connectivity index (χ1v) is 4.92. The molecule has 1 aromatic carbocycles. The summed E-state index contributed by atoms with van der Waals surface area (Å²) in [6, 6.07) is 6.96. The van der Waals surface area contributed by atoms with Crippen LogP contribution in [0.1, 0.15) is 12.8 Å². The summed E-state index contributed by atoms with van der Waals surface area (Å²) in [6.45, 7) is 0.267. The molecule has 84 valence electrons. The number of hydrogen-bond donors (Lipinski definition) is 1. The molecule has 0 unspecified atom stereocenters. The number of anilines is 1. The second-order valence-corrected chi connectivity index (χ2v) is 3.53. The molecule has 0 aliphatic carbocycles. The van der Waals surface area contributed by atoms with E-state index in [1.807, 2.05) is 0 Å². The normalized spacial score (nSPS) is 11.5. The molecule has 1 aromatic rings. The minimum absolute atomic E-state index is 0.0503. The lowest BCUT2D eigenvalue weighted by Gasteiger charge is -2.09. The minimum Gasteiger partial charge on any atom is -0.384 e. The SMILES string of the molecule is FC(F)(F)CCCNc1ccccc1Cl. The smallest absolute Gasteiger partial charge is 0.384 e. The van der Waals surface area contributed by atoms with Gasteiger partial charge >= 0.3 is 6.18 Å². The predicted molar refractivity (Wildman–Crippen MR) is 55.2 cm³/mol. The average molecular weight is 238 g/mol. The summed E-state index contributed by atoms with van der Waals surface area (Å²) in [5.74, 6) is 0. The van der Waals surface area contributed by atoms with Crippen molar-refractivity contribution in [1.29, 1.82) is 0 Å². The van der Waals surface area contributed by atoms with Crippen LogP contribution in [0.3, 0.4) is 0 Å². The molecule has 0 atom stereocenters. The first-order valence-electron chi connectivity index (χ1n) is 4.54. The topological polar surface area (TPSA) is 12.0 Å². The Morgan fingerprint density at radius 3 is 2.47 bits per heavy atom. The van der Waals surface area contributed by atoms with Crippen molar-refractivity contribution in [3.8, 4) is 0 Å². The largest absolute Gasteiger partial charge is 0.389 e. The molecule has 0 radical (unpaired) electrons. The van der Waals surface area contributed by atoms with Crippen LogP contribution in [-0.4, -0.2) is 12.7 Å². The summed E-state index contributed by atoms with van der Waals surface area (Å²) < 4.78 is 35.4. The van der Waals surface area contributed by atoms with Crippen LogP contribution in [0.5, 0.6) is 0 Å². The quantitative estimate of drug-likeness (QED) is 0.778. The number of nitrogens with one attached hydrogen (secondary N) is 1. The van der Waals surface area contributed by atoms with E-state index in [-0.39, 0.29) is 13.0 Å². The zero-order valence-electron chi connectivity index (χ0n) is 7.94. The summed E-state index contributed by atoms with van der Waals surface area (Å²) in [5, 5.41) is 3.37. The van der Waals surface area contributed by atoms with Crippen LogP contribution in [0.25, 0.3) is 0 Å². The molecule has 0 aliphatic rings. The summed E-state index contributed by atoms with van der Waals surface area (Å²) in [5.41, 5.74) is 0.668. The van der Waals surface area contributed by atoms with Gasteiger partial charge in [-0.05, 0) is 18.6 Å². The van der Waals surface area contributed by atoms with Crippen molar-refractivity contribution in [2.75, 3.05) is 11.9 Å². The highest BCUT2D eigenvalue weighted by molar-refractivity contribution is 6.33. The van der Waals surface area contributed by atoms with E-state index in [1.165, 1.54) is 0 Å². The number of hydrogen-bond acceptors (Lipinski definition) is 1. The summed E-state index contributed by atoms with van der Waals surface area (Å²) in [4.78, 5) is 0. The fourth-order valence-corrected chi connectivity index (χ4v) is 1.32. The fraction of sp³-hybridized carbons (Fsp3) is 0.400. The van der Waals surface area contributed by atoms with Gasteiger partial charge in [0.25, 0.3) is 0 Å². The van der Waals surface area contributed by atoms with E-state index >= 15 is 0 Å². The third-order valence-corrected chi connectivity index (χ3v) is 2.16. The number of rotatable bonds is 4. The maximum absolute atomic E-state index is 11.8. The Hall–Kier alpha value is -0.900. The van der Waals surface area contributed by atoms with E-state index in [2.05, 4.69) is 5.32 Å². The summed E-state index contributed by atoms with van der Waals surface area (Å²) >= 11 is 5.81. The van der Waals surface area contributed by atoms with Crippen molar-refractivity contribution < 1.29 is 13.2 Å². The molecule has 0 saturated carbocycles. The van der Waals surface area contributed by atoms with E-state index in [0.717, 1.165) is 0 Å². The zero-order valence-corrected chi connectivity index (χ0v) is 8.70. The van der Waals surface area contributed by atoms with Crippen molar-refractivity contribution in [3.63, 3.8) is 0 Å². The Labute approximate surface area is 91.2 Å². The van der Waals surface area contributed by atoms with Crippen LogP contribution in [0.15, 0.2) is 24.3 Å². The molecule has 0 aliphatic heterocycles. The highest BCUT2D eigenvalue weighted by Gasteiger charge is 2.25. The molecule has 0 bridgehead atoms. The van der Waals surface area contributed by atoms with Crippen LogP contribution in [0.2, 0.25) is 5.02 Å². The molecule has 1 rings (SSSR count). The lowest BCUT2D eigenvalue weighted by atomic mass is 10.2. The van der Waals surface area contributed by atoms with Gasteiger partial charge in [0, 0.05) is 13.0 Å². The number of alkyl halides is 3. The van der Waals surface area contributed by atoms with Crippen LogP contribution >= 0.6 is 11.6 Å². The average Bonchev–Trinajstić information content (AvgIpc) is 2.13. The maximum Gasteiger partial charge on any atom is 0.389 e. The highest BCUT2D eigenvalue weighted by Crippen LogP contribution is 2.23. The van der Waals surface area contributed by atoms with Gasteiger partial charge in [-0.15, -0.1) is 0 Å².